The van der Waals surface area contributed by atoms with Crippen LogP contribution in [0.1, 0.15) is 0 Å². The lowest BCUT2D eigenvalue weighted by molar-refractivity contribution is 0.174. The fourth-order valence-corrected chi connectivity index (χ4v) is 7.43. The Labute approximate surface area is 284 Å². The monoisotopic (exact) mass is 683 g/mol. The minimum Gasteiger partial charge on any atom is -0.493 e. The molecule has 0 fully saturated rings. The average Bonchev–Trinajstić information content (AvgIpc) is 3.55. The van der Waals surface area contributed by atoms with E-state index in [0.717, 1.165) is 15.7 Å². The van der Waals surface area contributed by atoms with Gasteiger partial charge in [0.25, 0.3) is 5.56 Å². The molecule has 6 rings (SSSR count). The number of ether oxygens (including phenoxy) is 4. The number of hydrogen-bond acceptors (Lipinski definition) is 11. The van der Waals surface area contributed by atoms with E-state index in [1.165, 1.54) is 39.8 Å². The van der Waals surface area contributed by atoms with Gasteiger partial charge < -0.3 is 28.4 Å². The van der Waals surface area contributed by atoms with Gasteiger partial charge in [0.2, 0.25) is 6.79 Å². The molecule has 0 spiro atoms. The molecule has 0 bridgehead atoms. The molecule has 0 aliphatic carbocycles. The molecule has 0 radical (unpaired) electrons. The van der Waals surface area contributed by atoms with Crippen LogP contribution in [0.3, 0.4) is 0 Å². The third-order valence-electron chi connectivity index (χ3n) is 7.75. The van der Waals surface area contributed by atoms with Crippen LogP contribution in [0.2, 0.25) is 0 Å². The van der Waals surface area contributed by atoms with E-state index in [1.54, 1.807) is 36.0 Å². The molecule has 2 aromatic heterocycles. The number of nitrogens with zero attached hydrogens (tertiary/aromatic N) is 5. The molecule has 0 N–H and O–H groups in total. The number of pyridine rings is 2. The van der Waals surface area contributed by atoms with Crippen molar-refractivity contribution in [1.29, 1.82) is 0 Å². The van der Waals surface area contributed by atoms with Crippen molar-refractivity contribution in [1.82, 2.24) is 14.5 Å². The number of para-hydroxylation sites is 1. The first-order chi connectivity index (χ1) is 23.2. The molecule has 11 nitrogen and oxygen atoms in total. The van der Waals surface area contributed by atoms with Crippen LogP contribution in [-0.4, -0.2) is 67.2 Å². The Morgan fingerprint density at radius 1 is 1.04 bits per heavy atom. The number of methoxy groups -OCH3 is 1. The van der Waals surface area contributed by atoms with E-state index >= 15 is 0 Å². The van der Waals surface area contributed by atoms with Gasteiger partial charge in [-0.05, 0) is 72.1 Å². The van der Waals surface area contributed by atoms with Crippen molar-refractivity contribution in [3.63, 3.8) is 0 Å². The molecule has 1 aliphatic rings. The smallest absolute Gasteiger partial charge is 0.419 e. The zero-order chi connectivity index (χ0) is 33.9. The molecule has 1 aliphatic heterocycles. The Bertz CT molecular complexity index is 2180. The second kappa shape index (κ2) is 14.0. The molecular formula is C35H33N5O6S2. The van der Waals surface area contributed by atoms with E-state index in [9.17, 15) is 9.59 Å². The standard InChI is InChI=1S/C35H33N5O6S2/c1-7-32(36-8-2)48-47-31-12-10-9-11-26(31)39(5)35(42)46-30-16-22-21(15-27(30)43-6)24-19-37-25-18-29-28(44-20-45-29)17-23(25)33(24)40(34(22)41)14-13-38(3)4/h7-12,15-19H,1-2,13-14,20H2,3-6H3. The summed E-state index contributed by atoms with van der Waals surface area (Å²) in [5, 5.41) is 3.15. The molecule has 0 atom stereocenters. The predicted molar refractivity (Wildman–Crippen MR) is 194 cm³/mol. The Balaban J connectivity index is 1.43. The molecule has 0 unspecified atom stereocenters. The van der Waals surface area contributed by atoms with Gasteiger partial charge in [-0.1, -0.05) is 25.3 Å². The van der Waals surface area contributed by atoms with Crippen LogP contribution in [0.4, 0.5) is 10.5 Å². The number of anilines is 1. The molecule has 13 heteroatoms. The zero-order valence-corrected chi connectivity index (χ0v) is 28.5. The first kappa shape index (κ1) is 32.9. The summed E-state index contributed by atoms with van der Waals surface area (Å²) < 4.78 is 24.6. The number of carbonyl (C=O) groups is 1. The lowest BCUT2D eigenvalue weighted by Crippen LogP contribution is -2.30. The fourth-order valence-electron chi connectivity index (χ4n) is 5.37. The third kappa shape index (κ3) is 6.31. The molecule has 0 saturated carbocycles. The summed E-state index contributed by atoms with van der Waals surface area (Å²) in [5.41, 5.74) is 1.78. The second-order valence-corrected chi connectivity index (χ2v) is 13.2. The number of amides is 1. The Morgan fingerprint density at radius 2 is 1.79 bits per heavy atom. The first-order valence-corrected chi connectivity index (χ1v) is 17.0. The molecule has 246 valence electrons. The number of fused-ring (bicyclic) bond motifs is 6. The normalized spacial score (nSPS) is 12.6. The highest BCUT2D eigenvalue weighted by molar-refractivity contribution is 8.82. The lowest BCUT2D eigenvalue weighted by Gasteiger charge is -2.21. The number of aliphatic imine (C=N–C) groups is 1. The number of benzene rings is 3. The van der Waals surface area contributed by atoms with Gasteiger partial charge in [0, 0.05) is 59.7 Å². The quantitative estimate of drug-likeness (QED) is 0.0655. The van der Waals surface area contributed by atoms with Gasteiger partial charge in [0.05, 0.1) is 29.2 Å². The maximum Gasteiger partial charge on any atom is 0.419 e. The third-order valence-corrected chi connectivity index (χ3v) is 10.1. The van der Waals surface area contributed by atoms with Crippen molar-refractivity contribution >= 4 is 71.0 Å². The number of carbonyl (C=O) groups excluding carboxylic acids is 1. The molecule has 0 saturated heterocycles. The van der Waals surface area contributed by atoms with Crippen LogP contribution in [0.5, 0.6) is 23.0 Å². The van der Waals surface area contributed by atoms with E-state index in [1.807, 2.05) is 55.4 Å². The Morgan fingerprint density at radius 3 is 2.52 bits per heavy atom. The minimum atomic E-state index is -0.660. The number of hydrogen-bond donors (Lipinski definition) is 0. The van der Waals surface area contributed by atoms with Crippen molar-refractivity contribution in [3.8, 4) is 23.0 Å². The predicted octanol–water partition coefficient (Wildman–Crippen LogP) is 7.11. The zero-order valence-electron chi connectivity index (χ0n) is 26.9. The summed E-state index contributed by atoms with van der Waals surface area (Å²) in [6, 6.07) is 14.4. The van der Waals surface area contributed by atoms with Gasteiger partial charge >= 0.3 is 6.09 Å². The van der Waals surface area contributed by atoms with Crippen molar-refractivity contribution < 1.29 is 23.7 Å². The van der Waals surface area contributed by atoms with Crippen molar-refractivity contribution in [2.24, 2.45) is 4.99 Å². The summed E-state index contributed by atoms with van der Waals surface area (Å²) in [4.78, 5) is 41.1. The van der Waals surface area contributed by atoms with Crippen LogP contribution < -0.4 is 29.4 Å². The van der Waals surface area contributed by atoms with Gasteiger partial charge in [-0.3, -0.25) is 14.7 Å². The minimum absolute atomic E-state index is 0.112. The van der Waals surface area contributed by atoms with E-state index in [2.05, 4.69) is 18.2 Å². The summed E-state index contributed by atoms with van der Waals surface area (Å²) in [6.45, 7) is 8.57. The molecule has 48 heavy (non-hydrogen) atoms. The van der Waals surface area contributed by atoms with Crippen molar-refractivity contribution in [3.05, 3.63) is 90.5 Å². The molecule has 5 aromatic rings. The van der Waals surface area contributed by atoms with Gasteiger partial charge in [0.1, 0.15) is 5.04 Å². The fraction of sp³-hybridized carbons (Fsp3) is 0.200. The summed E-state index contributed by atoms with van der Waals surface area (Å²) >= 11 is 0. The van der Waals surface area contributed by atoms with E-state index in [0.29, 0.717) is 57.1 Å². The molecular weight excluding hydrogens is 651 g/mol. The van der Waals surface area contributed by atoms with Gasteiger partial charge in [0.15, 0.2) is 23.0 Å². The number of rotatable bonds is 10. The first-order valence-electron chi connectivity index (χ1n) is 14.9. The number of aromatic nitrogens is 2. The van der Waals surface area contributed by atoms with Gasteiger partial charge in [-0.2, -0.15) is 0 Å². The largest absolute Gasteiger partial charge is 0.493 e. The van der Waals surface area contributed by atoms with E-state index in [-0.39, 0.29) is 23.9 Å². The van der Waals surface area contributed by atoms with Crippen LogP contribution >= 0.6 is 21.6 Å². The molecule has 3 aromatic carbocycles. The molecule has 3 heterocycles. The number of likely N-dealkylation sites (N-methyl/N-ethyl adjacent to an activating group) is 1. The summed E-state index contributed by atoms with van der Waals surface area (Å²) in [6.07, 6.45) is 4.17. The molecule has 1 amide bonds. The maximum absolute atomic E-state index is 14.3. The highest BCUT2D eigenvalue weighted by Crippen LogP contribution is 2.41. The van der Waals surface area contributed by atoms with Crippen LogP contribution in [-0.2, 0) is 6.54 Å². The van der Waals surface area contributed by atoms with Gasteiger partial charge in [-0.15, -0.1) is 0 Å². The van der Waals surface area contributed by atoms with Crippen molar-refractivity contribution in [2.45, 2.75) is 11.4 Å². The van der Waals surface area contributed by atoms with Crippen LogP contribution in [0.15, 0.2) is 94.8 Å². The Kier molecular flexibility index (Phi) is 9.62. The summed E-state index contributed by atoms with van der Waals surface area (Å²) in [5.74, 6) is 1.60. The van der Waals surface area contributed by atoms with Crippen LogP contribution in [0, 0.1) is 0 Å². The van der Waals surface area contributed by atoms with E-state index in [4.69, 9.17) is 23.9 Å². The summed E-state index contributed by atoms with van der Waals surface area (Å²) in [7, 11) is 9.83. The van der Waals surface area contributed by atoms with Crippen molar-refractivity contribution in [2.75, 3.05) is 46.5 Å². The maximum atomic E-state index is 14.3. The van der Waals surface area contributed by atoms with Gasteiger partial charge in [-0.25, -0.2) is 9.79 Å². The van der Waals surface area contributed by atoms with Crippen LogP contribution in [0.25, 0.3) is 32.6 Å². The SMILES string of the molecule is C=CN=C(C=C)SSc1ccccc1N(C)C(=O)Oc1cc2c(=O)n(CCN(C)C)c3c4cc5c(cc4ncc3c2cc1OC)OCO5. The Hall–Kier alpha value is -4.98. The highest BCUT2D eigenvalue weighted by atomic mass is 33.1. The average molecular weight is 684 g/mol. The second-order valence-electron chi connectivity index (χ2n) is 11.0. The topological polar surface area (TPSA) is 108 Å². The van der Waals surface area contributed by atoms with E-state index < -0.39 is 6.09 Å². The highest BCUT2D eigenvalue weighted by Gasteiger charge is 2.24. The lowest BCUT2D eigenvalue weighted by atomic mass is 10.0.